The zero-order valence-corrected chi connectivity index (χ0v) is 11.6. The third-order valence-electron chi connectivity index (χ3n) is 3.36. The average molecular weight is 284 g/mol. The predicted molar refractivity (Wildman–Crippen MR) is 73.4 cm³/mol. The quantitative estimate of drug-likeness (QED) is 0.920. The number of para-hydroxylation sites is 1. The summed E-state index contributed by atoms with van der Waals surface area (Å²) in [5.41, 5.74) is 0. The number of hydrogen-bond acceptors (Lipinski definition) is 3. The summed E-state index contributed by atoms with van der Waals surface area (Å²) in [4.78, 5) is 14.0. The van der Waals surface area contributed by atoms with E-state index in [2.05, 4.69) is 0 Å². The molecule has 1 heterocycles. The number of aliphatic hydroxyl groups excluding tert-OH is 1. The lowest BCUT2D eigenvalue weighted by Gasteiger charge is -2.26. The van der Waals surface area contributed by atoms with Crippen LogP contribution in [0.2, 0.25) is 5.02 Å². The molecular formula is C14H18ClNO3. The molecule has 2 rings (SSSR count). The maximum Gasteiger partial charge on any atom is 0.263 e. The second kappa shape index (κ2) is 6.26. The van der Waals surface area contributed by atoms with Crippen molar-refractivity contribution in [2.75, 3.05) is 13.2 Å². The largest absolute Gasteiger partial charge is 0.479 e. The monoisotopic (exact) mass is 283 g/mol. The highest BCUT2D eigenvalue weighted by Crippen LogP contribution is 2.25. The Morgan fingerprint density at radius 3 is 3.00 bits per heavy atom. The van der Waals surface area contributed by atoms with Gasteiger partial charge in [0.25, 0.3) is 5.91 Å². The van der Waals surface area contributed by atoms with Crippen LogP contribution in [0.1, 0.15) is 19.8 Å². The topological polar surface area (TPSA) is 49.8 Å². The molecule has 0 saturated carbocycles. The van der Waals surface area contributed by atoms with Crippen LogP contribution in [0.3, 0.4) is 0 Å². The van der Waals surface area contributed by atoms with Crippen molar-refractivity contribution in [1.82, 2.24) is 4.90 Å². The zero-order valence-electron chi connectivity index (χ0n) is 10.9. The summed E-state index contributed by atoms with van der Waals surface area (Å²) in [6.07, 6.45) is 1.17. The molecule has 1 unspecified atom stereocenters. The Labute approximate surface area is 117 Å². The van der Waals surface area contributed by atoms with Crippen LogP contribution in [0.15, 0.2) is 24.3 Å². The van der Waals surface area contributed by atoms with Crippen LogP contribution in [0.25, 0.3) is 0 Å². The SMILES string of the molecule is CC(Oc1ccccc1Cl)C(=O)N1CCC[C@@H]1CO. The van der Waals surface area contributed by atoms with Crippen molar-refractivity contribution < 1.29 is 14.6 Å². The molecule has 1 amide bonds. The van der Waals surface area contributed by atoms with Crippen molar-refractivity contribution in [3.05, 3.63) is 29.3 Å². The van der Waals surface area contributed by atoms with Crippen LogP contribution >= 0.6 is 11.6 Å². The molecule has 5 heteroatoms. The molecule has 1 N–H and O–H groups in total. The number of amides is 1. The number of nitrogens with zero attached hydrogens (tertiary/aromatic N) is 1. The smallest absolute Gasteiger partial charge is 0.263 e. The highest BCUT2D eigenvalue weighted by molar-refractivity contribution is 6.32. The van der Waals surface area contributed by atoms with E-state index in [0.29, 0.717) is 17.3 Å². The van der Waals surface area contributed by atoms with Gasteiger partial charge in [0.1, 0.15) is 5.75 Å². The van der Waals surface area contributed by atoms with Gasteiger partial charge in [0.2, 0.25) is 0 Å². The predicted octanol–water partition coefficient (Wildman–Crippen LogP) is 2.09. The molecule has 0 spiro atoms. The Hall–Kier alpha value is -1.26. The molecule has 1 aliphatic heterocycles. The Bertz CT molecular complexity index is 452. The normalized spacial score (nSPS) is 20.4. The van der Waals surface area contributed by atoms with E-state index in [4.69, 9.17) is 16.3 Å². The molecule has 0 aliphatic carbocycles. The van der Waals surface area contributed by atoms with Gasteiger partial charge in [0, 0.05) is 6.54 Å². The number of rotatable bonds is 4. The first-order valence-electron chi connectivity index (χ1n) is 6.46. The number of benzene rings is 1. The van der Waals surface area contributed by atoms with Crippen LogP contribution < -0.4 is 4.74 Å². The lowest BCUT2D eigenvalue weighted by molar-refractivity contribution is -0.139. The summed E-state index contributed by atoms with van der Waals surface area (Å²) < 4.78 is 5.61. The van der Waals surface area contributed by atoms with E-state index in [1.165, 1.54) is 0 Å². The molecule has 1 fully saturated rings. The second-order valence-corrected chi connectivity index (χ2v) is 5.11. The van der Waals surface area contributed by atoms with Gasteiger partial charge in [-0.25, -0.2) is 0 Å². The van der Waals surface area contributed by atoms with Crippen molar-refractivity contribution in [2.24, 2.45) is 0 Å². The Kier molecular flexibility index (Phi) is 4.66. The summed E-state index contributed by atoms with van der Waals surface area (Å²) in [6.45, 7) is 2.39. The third kappa shape index (κ3) is 3.19. The highest BCUT2D eigenvalue weighted by atomic mass is 35.5. The van der Waals surface area contributed by atoms with Crippen molar-refractivity contribution in [3.8, 4) is 5.75 Å². The first kappa shape index (κ1) is 14.2. The van der Waals surface area contributed by atoms with Gasteiger partial charge in [-0.1, -0.05) is 23.7 Å². The molecule has 2 atom stereocenters. The summed E-state index contributed by atoms with van der Waals surface area (Å²) in [5, 5.41) is 9.73. The highest BCUT2D eigenvalue weighted by Gasteiger charge is 2.31. The molecule has 0 radical (unpaired) electrons. The molecule has 1 aliphatic rings. The molecule has 0 aromatic heterocycles. The minimum absolute atomic E-state index is 0.00452. The van der Waals surface area contributed by atoms with Gasteiger partial charge >= 0.3 is 0 Å². The summed E-state index contributed by atoms with van der Waals surface area (Å²) in [5.74, 6) is 0.404. The fraction of sp³-hybridized carbons (Fsp3) is 0.500. The van der Waals surface area contributed by atoms with Crippen LogP contribution in [0, 0.1) is 0 Å². The van der Waals surface area contributed by atoms with E-state index < -0.39 is 6.10 Å². The first-order valence-corrected chi connectivity index (χ1v) is 6.84. The van der Waals surface area contributed by atoms with Crippen molar-refractivity contribution in [3.63, 3.8) is 0 Å². The summed E-state index contributed by atoms with van der Waals surface area (Å²) in [7, 11) is 0. The Morgan fingerprint density at radius 2 is 2.32 bits per heavy atom. The van der Waals surface area contributed by atoms with Crippen LogP contribution in [0.4, 0.5) is 0 Å². The van der Waals surface area contributed by atoms with Gasteiger partial charge in [-0.05, 0) is 31.9 Å². The van der Waals surface area contributed by atoms with Crippen molar-refractivity contribution in [1.29, 1.82) is 0 Å². The van der Waals surface area contributed by atoms with E-state index >= 15 is 0 Å². The van der Waals surface area contributed by atoms with E-state index in [1.807, 2.05) is 12.1 Å². The summed E-state index contributed by atoms with van der Waals surface area (Å²) in [6, 6.07) is 7.00. The van der Waals surface area contributed by atoms with Gasteiger partial charge in [-0.2, -0.15) is 0 Å². The van der Waals surface area contributed by atoms with E-state index in [1.54, 1.807) is 24.0 Å². The molecule has 4 nitrogen and oxygen atoms in total. The van der Waals surface area contributed by atoms with E-state index in [-0.39, 0.29) is 18.6 Å². The van der Waals surface area contributed by atoms with Crippen molar-refractivity contribution in [2.45, 2.75) is 31.9 Å². The first-order chi connectivity index (χ1) is 9.13. The van der Waals surface area contributed by atoms with Gasteiger partial charge < -0.3 is 14.7 Å². The molecule has 1 aromatic rings. The number of ether oxygens (including phenoxy) is 1. The molecule has 1 aromatic carbocycles. The molecule has 1 saturated heterocycles. The van der Waals surface area contributed by atoms with Crippen LogP contribution in [-0.4, -0.2) is 41.2 Å². The minimum atomic E-state index is -0.605. The van der Waals surface area contributed by atoms with Gasteiger partial charge in [-0.15, -0.1) is 0 Å². The van der Waals surface area contributed by atoms with Crippen molar-refractivity contribution >= 4 is 17.5 Å². The number of halogens is 1. The fourth-order valence-electron chi connectivity index (χ4n) is 2.33. The molecular weight excluding hydrogens is 266 g/mol. The number of hydrogen-bond donors (Lipinski definition) is 1. The van der Waals surface area contributed by atoms with E-state index in [0.717, 1.165) is 12.8 Å². The van der Waals surface area contributed by atoms with Crippen LogP contribution in [-0.2, 0) is 4.79 Å². The van der Waals surface area contributed by atoms with E-state index in [9.17, 15) is 9.90 Å². The lowest BCUT2D eigenvalue weighted by atomic mass is 10.2. The molecule has 0 bridgehead atoms. The standard InChI is InChI=1S/C14H18ClNO3/c1-10(19-13-7-3-2-6-12(13)15)14(18)16-8-4-5-11(16)9-17/h2-3,6-7,10-11,17H,4-5,8-9H2,1H3/t10?,11-/m1/s1. The average Bonchev–Trinajstić information content (AvgIpc) is 2.88. The van der Waals surface area contributed by atoms with Gasteiger partial charge in [-0.3, -0.25) is 4.79 Å². The lowest BCUT2D eigenvalue weighted by Crippen LogP contribution is -2.44. The van der Waals surface area contributed by atoms with Gasteiger partial charge in [0.15, 0.2) is 6.10 Å². The Balaban J connectivity index is 2.02. The van der Waals surface area contributed by atoms with Gasteiger partial charge in [0.05, 0.1) is 17.7 Å². The number of likely N-dealkylation sites (tertiary alicyclic amines) is 1. The number of carbonyl (C=O) groups excluding carboxylic acids is 1. The molecule has 19 heavy (non-hydrogen) atoms. The number of aliphatic hydroxyl groups is 1. The maximum absolute atomic E-state index is 12.3. The Morgan fingerprint density at radius 1 is 1.58 bits per heavy atom. The zero-order chi connectivity index (χ0) is 13.8. The number of carbonyl (C=O) groups is 1. The third-order valence-corrected chi connectivity index (χ3v) is 3.67. The fourth-order valence-corrected chi connectivity index (χ4v) is 2.51. The second-order valence-electron chi connectivity index (χ2n) is 4.70. The van der Waals surface area contributed by atoms with Crippen LogP contribution in [0.5, 0.6) is 5.75 Å². The molecule has 104 valence electrons. The minimum Gasteiger partial charge on any atom is -0.479 e. The maximum atomic E-state index is 12.3. The summed E-state index contributed by atoms with van der Waals surface area (Å²) >= 11 is 6.00.